The van der Waals surface area contributed by atoms with Crippen molar-refractivity contribution in [3.8, 4) is 11.4 Å². The maximum atomic E-state index is 5.18. The van der Waals surface area contributed by atoms with Crippen molar-refractivity contribution in [1.29, 1.82) is 0 Å². The summed E-state index contributed by atoms with van der Waals surface area (Å²) in [5, 5.41) is 15.0. The minimum atomic E-state index is 0. The van der Waals surface area contributed by atoms with Crippen molar-refractivity contribution in [3.05, 3.63) is 30.5 Å². The Balaban J connectivity index is 0.00000169. The van der Waals surface area contributed by atoms with Crippen molar-refractivity contribution < 1.29 is 4.74 Å². The van der Waals surface area contributed by atoms with Gasteiger partial charge in [-0.2, -0.15) is 9.67 Å². The van der Waals surface area contributed by atoms with Crippen molar-refractivity contribution in [3.63, 3.8) is 0 Å². The highest BCUT2D eigenvalue weighted by Gasteiger charge is 2.16. The lowest BCUT2D eigenvalue weighted by Gasteiger charge is -2.10. The second kappa shape index (κ2) is 6.98. The minimum Gasteiger partial charge on any atom is -0.497 e. The summed E-state index contributed by atoms with van der Waals surface area (Å²) >= 11 is 0. The first-order valence-corrected chi connectivity index (χ1v) is 7.53. The number of methoxy groups -OCH3 is 1. The van der Waals surface area contributed by atoms with Crippen LogP contribution in [-0.4, -0.2) is 51.2 Å². The van der Waals surface area contributed by atoms with E-state index in [0.717, 1.165) is 30.9 Å². The number of benzene rings is 1. The van der Waals surface area contributed by atoms with Crippen molar-refractivity contribution >= 4 is 29.5 Å². The molecule has 1 saturated heterocycles. The molecule has 0 unspecified atom stereocenters. The van der Waals surface area contributed by atoms with Crippen molar-refractivity contribution in [2.24, 2.45) is 0 Å². The van der Waals surface area contributed by atoms with Gasteiger partial charge in [-0.1, -0.05) is 5.21 Å². The first-order valence-electron chi connectivity index (χ1n) is 7.53. The van der Waals surface area contributed by atoms with Crippen LogP contribution in [0.2, 0.25) is 0 Å². The van der Waals surface area contributed by atoms with Gasteiger partial charge >= 0.3 is 0 Å². The Morgan fingerprint density at radius 2 is 2.12 bits per heavy atom. The number of rotatable bonds is 4. The average Bonchev–Trinajstić information content (AvgIpc) is 3.24. The van der Waals surface area contributed by atoms with Gasteiger partial charge in [0.05, 0.1) is 19.0 Å². The molecule has 0 bridgehead atoms. The van der Waals surface area contributed by atoms with E-state index in [1.807, 2.05) is 24.3 Å². The van der Waals surface area contributed by atoms with Crippen molar-refractivity contribution in [2.75, 3.05) is 25.5 Å². The zero-order valence-corrected chi connectivity index (χ0v) is 14.0. The van der Waals surface area contributed by atoms with Gasteiger partial charge in [0.1, 0.15) is 5.75 Å². The fraction of sp³-hybridized carbons (Fsp3) is 0.333. The van der Waals surface area contributed by atoms with E-state index in [4.69, 9.17) is 4.74 Å². The van der Waals surface area contributed by atoms with Crippen LogP contribution >= 0.6 is 12.4 Å². The third-order valence-electron chi connectivity index (χ3n) is 3.90. The maximum absolute atomic E-state index is 5.18. The van der Waals surface area contributed by atoms with E-state index in [1.54, 1.807) is 18.0 Å². The lowest BCUT2D eigenvalue weighted by atomic mass is 10.3. The molecule has 2 N–H and O–H groups in total. The van der Waals surface area contributed by atoms with Gasteiger partial charge in [-0.3, -0.25) is 0 Å². The van der Waals surface area contributed by atoms with E-state index in [0.29, 0.717) is 23.2 Å². The first-order chi connectivity index (χ1) is 11.3. The monoisotopic (exact) mass is 347 g/mol. The molecule has 1 aliphatic heterocycles. The number of nitrogens with one attached hydrogen (secondary N) is 2. The number of hydrogen-bond acceptors (Lipinski definition) is 7. The van der Waals surface area contributed by atoms with E-state index >= 15 is 0 Å². The van der Waals surface area contributed by atoms with E-state index in [1.165, 1.54) is 0 Å². The SMILES string of the molecule is COc1ccc(-n2nnc3cnc(N[C@@H]4CCNC4)nc32)cc1.Cl. The van der Waals surface area contributed by atoms with E-state index in [2.05, 4.69) is 30.9 Å². The predicted molar refractivity (Wildman–Crippen MR) is 93.2 cm³/mol. The number of hydrogen-bond donors (Lipinski definition) is 2. The van der Waals surface area contributed by atoms with Gasteiger partial charge < -0.3 is 15.4 Å². The Hall–Kier alpha value is -2.45. The minimum absolute atomic E-state index is 0. The number of fused-ring (bicyclic) bond motifs is 1. The van der Waals surface area contributed by atoms with Gasteiger partial charge in [-0.15, -0.1) is 17.5 Å². The Labute approximate surface area is 145 Å². The summed E-state index contributed by atoms with van der Waals surface area (Å²) in [5.74, 6) is 1.40. The molecule has 0 aliphatic carbocycles. The summed E-state index contributed by atoms with van der Waals surface area (Å²) in [6.45, 7) is 1.95. The number of ether oxygens (including phenoxy) is 1. The third-order valence-corrected chi connectivity index (χ3v) is 3.90. The number of halogens is 1. The highest BCUT2D eigenvalue weighted by molar-refractivity contribution is 5.85. The molecule has 3 aromatic rings. The fourth-order valence-corrected chi connectivity index (χ4v) is 2.66. The smallest absolute Gasteiger partial charge is 0.225 e. The molecule has 24 heavy (non-hydrogen) atoms. The second-order valence-corrected chi connectivity index (χ2v) is 5.44. The van der Waals surface area contributed by atoms with Crippen LogP contribution in [0, 0.1) is 0 Å². The van der Waals surface area contributed by atoms with Crippen LogP contribution in [-0.2, 0) is 0 Å². The average molecular weight is 348 g/mol. The molecule has 0 spiro atoms. The standard InChI is InChI=1S/C15H17N7O.ClH/c1-23-12-4-2-11(3-5-12)22-14-13(20-21-22)9-17-15(19-14)18-10-6-7-16-8-10;/h2-5,9-10,16H,6-8H2,1H3,(H,17,18,19);1H/t10-;/m1./s1. The zero-order chi connectivity index (χ0) is 15.6. The zero-order valence-electron chi connectivity index (χ0n) is 13.1. The van der Waals surface area contributed by atoms with Crippen LogP contribution in [0.15, 0.2) is 30.5 Å². The number of anilines is 1. The molecule has 3 heterocycles. The van der Waals surface area contributed by atoms with E-state index in [9.17, 15) is 0 Å². The summed E-state index contributed by atoms with van der Waals surface area (Å²) < 4.78 is 6.88. The molecule has 4 rings (SSSR count). The lowest BCUT2D eigenvalue weighted by Crippen LogP contribution is -2.23. The summed E-state index contributed by atoms with van der Waals surface area (Å²) in [7, 11) is 1.64. The molecule has 126 valence electrons. The van der Waals surface area contributed by atoms with Gasteiger partial charge in [0.15, 0.2) is 11.2 Å². The third kappa shape index (κ3) is 3.10. The topological polar surface area (TPSA) is 89.8 Å². The molecule has 0 saturated carbocycles. The fourth-order valence-electron chi connectivity index (χ4n) is 2.66. The Morgan fingerprint density at radius 1 is 1.29 bits per heavy atom. The van der Waals surface area contributed by atoms with Crippen LogP contribution in [0.1, 0.15) is 6.42 Å². The molecule has 0 radical (unpaired) electrons. The predicted octanol–water partition coefficient (Wildman–Crippen LogP) is 1.41. The molecule has 1 fully saturated rings. The molecule has 0 amide bonds. The Bertz CT molecular complexity index is 814. The number of nitrogens with zero attached hydrogens (tertiary/aromatic N) is 5. The Kier molecular flexibility index (Phi) is 4.77. The van der Waals surface area contributed by atoms with Crippen LogP contribution in [0.3, 0.4) is 0 Å². The van der Waals surface area contributed by atoms with Crippen molar-refractivity contribution in [1.82, 2.24) is 30.3 Å². The van der Waals surface area contributed by atoms with Crippen LogP contribution < -0.4 is 15.4 Å². The molecule has 1 aromatic carbocycles. The van der Waals surface area contributed by atoms with E-state index in [-0.39, 0.29) is 12.4 Å². The number of aromatic nitrogens is 5. The molecular weight excluding hydrogens is 330 g/mol. The first kappa shape index (κ1) is 16.4. The van der Waals surface area contributed by atoms with Crippen LogP contribution in [0.5, 0.6) is 5.75 Å². The van der Waals surface area contributed by atoms with Gasteiger partial charge in [-0.25, -0.2) is 4.98 Å². The molecule has 1 atom stereocenters. The van der Waals surface area contributed by atoms with Gasteiger partial charge in [0.2, 0.25) is 5.95 Å². The van der Waals surface area contributed by atoms with E-state index < -0.39 is 0 Å². The molecule has 1 aliphatic rings. The lowest BCUT2D eigenvalue weighted by molar-refractivity contribution is 0.414. The van der Waals surface area contributed by atoms with Gasteiger partial charge in [-0.05, 0) is 37.2 Å². The molecule has 8 nitrogen and oxygen atoms in total. The van der Waals surface area contributed by atoms with Crippen molar-refractivity contribution in [2.45, 2.75) is 12.5 Å². The molecule has 2 aromatic heterocycles. The second-order valence-electron chi connectivity index (χ2n) is 5.44. The maximum Gasteiger partial charge on any atom is 0.225 e. The quantitative estimate of drug-likeness (QED) is 0.737. The van der Waals surface area contributed by atoms with Crippen LogP contribution in [0.25, 0.3) is 16.9 Å². The summed E-state index contributed by atoms with van der Waals surface area (Å²) in [4.78, 5) is 8.89. The molecule has 9 heteroatoms. The molecular formula is C15H18ClN7O. The van der Waals surface area contributed by atoms with Gasteiger partial charge in [0.25, 0.3) is 0 Å². The summed E-state index contributed by atoms with van der Waals surface area (Å²) in [6, 6.07) is 7.96. The normalized spacial score (nSPS) is 16.8. The summed E-state index contributed by atoms with van der Waals surface area (Å²) in [6.07, 6.45) is 2.76. The highest BCUT2D eigenvalue weighted by atomic mass is 35.5. The Morgan fingerprint density at radius 3 is 2.83 bits per heavy atom. The van der Waals surface area contributed by atoms with Crippen LogP contribution in [0.4, 0.5) is 5.95 Å². The largest absolute Gasteiger partial charge is 0.497 e. The highest BCUT2D eigenvalue weighted by Crippen LogP contribution is 2.18. The van der Waals surface area contributed by atoms with Gasteiger partial charge in [0, 0.05) is 12.6 Å². The summed E-state index contributed by atoms with van der Waals surface area (Å²) in [5.41, 5.74) is 2.22.